The first-order valence-electron chi connectivity index (χ1n) is 11.0. The molecule has 0 radical (unpaired) electrons. The maximum Gasteiger partial charge on any atom is 0.255 e. The van der Waals surface area contributed by atoms with Gasteiger partial charge in [-0.2, -0.15) is 0 Å². The lowest BCUT2D eigenvalue weighted by Gasteiger charge is -2.27. The van der Waals surface area contributed by atoms with E-state index in [-0.39, 0.29) is 17.7 Å². The zero-order chi connectivity index (χ0) is 20.9. The maximum absolute atomic E-state index is 12.7. The van der Waals surface area contributed by atoms with Crippen LogP contribution in [0.1, 0.15) is 53.6 Å². The summed E-state index contributed by atoms with van der Waals surface area (Å²) in [6.07, 6.45) is 6.93. The summed E-state index contributed by atoms with van der Waals surface area (Å²) in [7, 11) is 0. The van der Waals surface area contributed by atoms with Gasteiger partial charge in [0.2, 0.25) is 5.91 Å². The van der Waals surface area contributed by atoms with E-state index < -0.39 is 0 Å². The molecule has 1 aliphatic carbocycles. The third-order valence-electron chi connectivity index (χ3n) is 6.20. The molecule has 1 fully saturated rings. The van der Waals surface area contributed by atoms with Crippen molar-refractivity contribution in [3.63, 3.8) is 0 Å². The summed E-state index contributed by atoms with van der Waals surface area (Å²) in [4.78, 5) is 25.2. The lowest BCUT2D eigenvalue weighted by atomic mass is 9.89. The summed E-state index contributed by atoms with van der Waals surface area (Å²) < 4.78 is 5.83. The fourth-order valence-electron chi connectivity index (χ4n) is 4.33. The Morgan fingerprint density at radius 1 is 1.03 bits per heavy atom. The lowest BCUT2D eigenvalue weighted by Crippen LogP contribution is -2.39. The van der Waals surface area contributed by atoms with E-state index in [4.69, 9.17) is 4.74 Å². The molecule has 0 aromatic heterocycles. The molecule has 0 spiro atoms. The summed E-state index contributed by atoms with van der Waals surface area (Å²) in [6.45, 7) is 3.17. The minimum absolute atomic E-state index is 0.0697. The van der Waals surface area contributed by atoms with Crippen molar-refractivity contribution in [3.05, 3.63) is 59.2 Å². The first-order chi connectivity index (χ1) is 14.6. The van der Waals surface area contributed by atoms with Crippen molar-refractivity contribution in [2.24, 2.45) is 11.8 Å². The number of nitrogens with one attached hydrogen (secondary N) is 2. The standard InChI is InChI=1S/C25H30N2O3/c1-17-7-9-19(10-8-17)25(29)27-22-11-12-23-20(14-22)13-21(16-30-23)24(28)26-15-18-5-3-2-4-6-18/h7-12,14,18,21H,2-6,13,15-16H2,1H3,(H,26,28)(H,27,29)/t21-/m1/s1. The Bertz CT molecular complexity index is 901. The van der Waals surface area contributed by atoms with Gasteiger partial charge in [-0.15, -0.1) is 0 Å². The number of aryl methyl sites for hydroxylation is 1. The number of hydrogen-bond donors (Lipinski definition) is 2. The number of ether oxygens (including phenoxy) is 1. The van der Waals surface area contributed by atoms with Crippen LogP contribution in [0.4, 0.5) is 5.69 Å². The number of carbonyl (C=O) groups excluding carboxylic acids is 2. The van der Waals surface area contributed by atoms with Gasteiger partial charge in [-0.05, 0) is 68.0 Å². The number of rotatable bonds is 5. The Balaban J connectivity index is 1.36. The number of amides is 2. The summed E-state index contributed by atoms with van der Waals surface area (Å²) >= 11 is 0. The van der Waals surface area contributed by atoms with E-state index >= 15 is 0 Å². The van der Waals surface area contributed by atoms with Crippen molar-refractivity contribution < 1.29 is 14.3 Å². The number of benzene rings is 2. The zero-order valence-electron chi connectivity index (χ0n) is 17.6. The minimum Gasteiger partial charge on any atom is -0.492 e. The smallest absolute Gasteiger partial charge is 0.255 e. The second-order valence-electron chi connectivity index (χ2n) is 8.60. The van der Waals surface area contributed by atoms with Crippen LogP contribution in [0.5, 0.6) is 5.75 Å². The van der Waals surface area contributed by atoms with E-state index in [0.29, 0.717) is 30.2 Å². The number of carbonyl (C=O) groups is 2. The van der Waals surface area contributed by atoms with Crippen molar-refractivity contribution in [2.75, 3.05) is 18.5 Å². The van der Waals surface area contributed by atoms with Crippen molar-refractivity contribution in [3.8, 4) is 5.75 Å². The normalized spacial score (nSPS) is 18.8. The molecule has 2 aliphatic rings. The quantitative estimate of drug-likeness (QED) is 0.769. The molecule has 30 heavy (non-hydrogen) atoms. The van der Waals surface area contributed by atoms with Gasteiger partial charge in [0.1, 0.15) is 12.4 Å². The van der Waals surface area contributed by atoms with E-state index in [0.717, 1.165) is 23.4 Å². The van der Waals surface area contributed by atoms with Crippen LogP contribution < -0.4 is 15.4 Å². The highest BCUT2D eigenvalue weighted by Crippen LogP contribution is 2.30. The molecule has 5 nitrogen and oxygen atoms in total. The lowest BCUT2D eigenvalue weighted by molar-refractivity contribution is -0.126. The predicted molar refractivity (Wildman–Crippen MR) is 118 cm³/mol. The fourth-order valence-corrected chi connectivity index (χ4v) is 4.33. The zero-order valence-corrected chi connectivity index (χ0v) is 17.6. The molecule has 5 heteroatoms. The summed E-state index contributed by atoms with van der Waals surface area (Å²) in [5, 5.41) is 6.08. The fraction of sp³-hybridized carbons (Fsp3) is 0.440. The molecule has 2 aromatic rings. The van der Waals surface area contributed by atoms with E-state index in [1.165, 1.54) is 32.1 Å². The Morgan fingerprint density at radius 3 is 2.57 bits per heavy atom. The van der Waals surface area contributed by atoms with Crippen LogP contribution in [0, 0.1) is 18.8 Å². The van der Waals surface area contributed by atoms with Crippen molar-refractivity contribution >= 4 is 17.5 Å². The highest BCUT2D eigenvalue weighted by molar-refractivity contribution is 6.04. The van der Waals surface area contributed by atoms with Gasteiger partial charge < -0.3 is 15.4 Å². The topological polar surface area (TPSA) is 67.4 Å². The molecular formula is C25H30N2O3. The van der Waals surface area contributed by atoms with Gasteiger partial charge in [0.25, 0.3) is 5.91 Å². The van der Waals surface area contributed by atoms with Gasteiger partial charge in [0, 0.05) is 17.8 Å². The molecule has 0 saturated heterocycles. The van der Waals surface area contributed by atoms with Gasteiger partial charge in [-0.1, -0.05) is 37.0 Å². The highest BCUT2D eigenvalue weighted by Gasteiger charge is 2.27. The van der Waals surface area contributed by atoms with Gasteiger partial charge in [-0.25, -0.2) is 0 Å². The van der Waals surface area contributed by atoms with E-state index in [1.54, 1.807) is 0 Å². The van der Waals surface area contributed by atoms with Gasteiger partial charge in [0.05, 0.1) is 5.92 Å². The molecule has 0 bridgehead atoms. The second kappa shape index (κ2) is 9.33. The third-order valence-corrected chi connectivity index (χ3v) is 6.20. The Morgan fingerprint density at radius 2 is 1.80 bits per heavy atom. The van der Waals surface area contributed by atoms with Crippen molar-refractivity contribution in [1.29, 1.82) is 0 Å². The summed E-state index contributed by atoms with van der Waals surface area (Å²) in [6, 6.07) is 13.1. The molecule has 1 atom stereocenters. The van der Waals surface area contributed by atoms with Gasteiger partial charge in [-0.3, -0.25) is 9.59 Å². The summed E-state index contributed by atoms with van der Waals surface area (Å²) in [5.41, 5.74) is 3.41. The Labute approximate surface area is 178 Å². The van der Waals surface area contributed by atoms with Crippen LogP contribution in [0.25, 0.3) is 0 Å². The molecule has 2 aromatic carbocycles. The summed E-state index contributed by atoms with van der Waals surface area (Å²) in [5.74, 6) is 1.14. The minimum atomic E-state index is -0.191. The van der Waals surface area contributed by atoms with Crippen molar-refractivity contribution in [1.82, 2.24) is 5.32 Å². The van der Waals surface area contributed by atoms with Crippen LogP contribution in [0.3, 0.4) is 0 Å². The second-order valence-corrected chi connectivity index (χ2v) is 8.60. The first kappa shape index (κ1) is 20.5. The van der Waals surface area contributed by atoms with Crippen LogP contribution in [-0.2, 0) is 11.2 Å². The molecular weight excluding hydrogens is 376 g/mol. The molecule has 2 N–H and O–H groups in total. The molecule has 1 aliphatic heterocycles. The van der Waals surface area contributed by atoms with Crippen LogP contribution in [0.2, 0.25) is 0 Å². The van der Waals surface area contributed by atoms with Crippen LogP contribution in [0.15, 0.2) is 42.5 Å². The SMILES string of the molecule is Cc1ccc(C(=O)Nc2ccc3c(c2)C[C@@H](C(=O)NCC2CCCCC2)CO3)cc1. The number of anilines is 1. The number of hydrogen-bond acceptors (Lipinski definition) is 3. The predicted octanol–water partition coefficient (Wildman–Crippen LogP) is 4.49. The molecule has 1 heterocycles. The van der Waals surface area contributed by atoms with Gasteiger partial charge >= 0.3 is 0 Å². The van der Waals surface area contributed by atoms with E-state index in [2.05, 4.69) is 10.6 Å². The maximum atomic E-state index is 12.7. The Kier molecular flexibility index (Phi) is 6.36. The average molecular weight is 407 g/mol. The first-order valence-corrected chi connectivity index (χ1v) is 11.0. The Hall–Kier alpha value is -2.82. The van der Waals surface area contributed by atoms with Crippen LogP contribution in [-0.4, -0.2) is 25.0 Å². The molecule has 1 saturated carbocycles. The molecule has 2 amide bonds. The highest BCUT2D eigenvalue weighted by atomic mass is 16.5. The van der Waals surface area contributed by atoms with Crippen LogP contribution >= 0.6 is 0 Å². The molecule has 4 rings (SSSR count). The average Bonchev–Trinajstić information content (AvgIpc) is 2.78. The van der Waals surface area contributed by atoms with Crippen molar-refractivity contribution in [2.45, 2.75) is 45.4 Å². The number of fused-ring (bicyclic) bond motifs is 1. The molecule has 0 unspecified atom stereocenters. The third kappa shape index (κ3) is 5.02. The largest absolute Gasteiger partial charge is 0.492 e. The van der Waals surface area contributed by atoms with Gasteiger partial charge in [0.15, 0.2) is 0 Å². The van der Waals surface area contributed by atoms with E-state index in [9.17, 15) is 9.59 Å². The molecule has 158 valence electrons. The monoisotopic (exact) mass is 406 g/mol. The van der Waals surface area contributed by atoms with E-state index in [1.807, 2.05) is 49.4 Å².